The predicted octanol–water partition coefficient (Wildman–Crippen LogP) is 3.44. The maximum Gasteiger partial charge on any atom is 0.242 e. The van der Waals surface area contributed by atoms with Gasteiger partial charge < -0.3 is 14.0 Å². The highest BCUT2D eigenvalue weighted by atomic mass is 35.5. The summed E-state index contributed by atoms with van der Waals surface area (Å²) in [4.78, 5) is 4.15. The summed E-state index contributed by atoms with van der Waals surface area (Å²) in [5.41, 5.74) is 0.615. The lowest BCUT2D eigenvalue weighted by molar-refractivity contribution is 0.355. The minimum Gasteiger partial charge on any atom is -0.493 e. The van der Waals surface area contributed by atoms with Crippen LogP contribution in [0.1, 0.15) is 5.89 Å². The summed E-state index contributed by atoms with van der Waals surface area (Å²) in [6.07, 6.45) is 0. The Kier molecular flexibility index (Phi) is 4.98. The number of halogens is 1. The molecule has 2 heterocycles. The van der Waals surface area contributed by atoms with Crippen molar-refractivity contribution in [2.45, 2.75) is 9.96 Å². The lowest BCUT2D eigenvalue weighted by Crippen LogP contribution is -2.03. The lowest BCUT2D eigenvalue weighted by atomic mass is 10.2. The maximum atomic E-state index is 12.3. The largest absolute Gasteiger partial charge is 0.493 e. The van der Waals surface area contributed by atoms with E-state index in [2.05, 4.69) is 10.1 Å². The highest BCUT2D eigenvalue weighted by Gasteiger charge is 2.22. The van der Waals surface area contributed by atoms with E-state index in [9.17, 15) is 8.42 Å². The van der Waals surface area contributed by atoms with Crippen molar-refractivity contribution in [1.29, 1.82) is 0 Å². The maximum absolute atomic E-state index is 12.3. The van der Waals surface area contributed by atoms with Crippen LogP contribution in [0.25, 0.3) is 11.4 Å². The number of aromatic nitrogens is 2. The quantitative estimate of drug-likeness (QED) is 0.625. The first kappa shape index (κ1) is 17.7. The van der Waals surface area contributed by atoms with Gasteiger partial charge in [-0.3, -0.25) is 0 Å². The standard InChI is InChI=1S/C15H13ClN2O5S2/c1-21-10-4-3-9(7-11(10)22-2)15-17-13(23-18-15)8-25(19,20)14-6-5-12(16)24-14/h3-7H,8H2,1-2H3. The first-order chi connectivity index (χ1) is 11.9. The average Bonchev–Trinajstić information content (AvgIpc) is 3.23. The number of methoxy groups -OCH3 is 2. The summed E-state index contributed by atoms with van der Waals surface area (Å²) < 4.78 is 40.7. The summed E-state index contributed by atoms with van der Waals surface area (Å²) >= 11 is 6.77. The molecule has 7 nitrogen and oxygen atoms in total. The van der Waals surface area contributed by atoms with Crippen molar-refractivity contribution in [3.05, 3.63) is 40.6 Å². The molecular formula is C15H13ClN2O5S2. The van der Waals surface area contributed by atoms with Gasteiger partial charge in [0.15, 0.2) is 21.3 Å². The normalized spacial score (nSPS) is 11.5. The Hall–Kier alpha value is -2.10. The topological polar surface area (TPSA) is 91.5 Å². The molecule has 1 aromatic carbocycles. The monoisotopic (exact) mass is 400 g/mol. The molecule has 0 atom stereocenters. The van der Waals surface area contributed by atoms with Gasteiger partial charge in [-0.1, -0.05) is 16.8 Å². The van der Waals surface area contributed by atoms with Gasteiger partial charge in [0.1, 0.15) is 9.96 Å². The van der Waals surface area contributed by atoms with Crippen LogP contribution in [0.5, 0.6) is 11.5 Å². The molecule has 0 amide bonds. The number of nitrogens with zero attached hydrogens (tertiary/aromatic N) is 2. The summed E-state index contributed by atoms with van der Waals surface area (Å²) in [5.74, 6) is 0.924. The van der Waals surface area contributed by atoms with Crippen molar-refractivity contribution in [3.63, 3.8) is 0 Å². The van der Waals surface area contributed by atoms with Gasteiger partial charge in [0.25, 0.3) is 0 Å². The molecule has 0 saturated heterocycles. The van der Waals surface area contributed by atoms with Crippen LogP contribution >= 0.6 is 22.9 Å². The van der Waals surface area contributed by atoms with Crippen LogP contribution in [-0.2, 0) is 15.6 Å². The highest BCUT2D eigenvalue weighted by molar-refractivity contribution is 7.92. The molecule has 3 aromatic rings. The number of thiophene rings is 1. The third kappa shape index (κ3) is 3.78. The number of hydrogen-bond donors (Lipinski definition) is 0. The Morgan fingerprint density at radius 1 is 1.16 bits per heavy atom. The molecule has 10 heteroatoms. The Labute approximate surface area is 153 Å². The van der Waals surface area contributed by atoms with Crippen LogP contribution in [-0.4, -0.2) is 32.8 Å². The van der Waals surface area contributed by atoms with E-state index >= 15 is 0 Å². The van der Waals surface area contributed by atoms with Gasteiger partial charge in [-0.05, 0) is 30.3 Å². The lowest BCUT2D eigenvalue weighted by Gasteiger charge is -2.07. The van der Waals surface area contributed by atoms with E-state index in [0.29, 0.717) is 21.4 Å². The SMILES string of the molecule is COc1ccc(-c2noc(CS(=O)(=O)c3ccc(Cl)s3)n2)cc1OC. The molecule has 132 valence electrons. The number of sulfone groups is 1. The Morgan fingerprint density at radius 2 is 1.92 bits per heavy atom. The molecule has 0 bridgehead atoms. The molecule has 0 saturated carbocycles. The molecule has 0 fully saturated rings. The van der Waals surface area contributed by atoms with Gasteiger partial charge >= 0.3 is 0 Å². The summed E-state index contributed by atoms with van der Waals surface area (Å²) in [5, 5.41) is 3.83. The van der Waals surface area contributed by atoms with Gasteiger partial charge in [-0.15, -0.1) is 11.3 Å². The Balaban J connectivity index is 1.85. The van der Waals surface area contributed by atoms with Crippen molar-refractivity contribution in [3.8, 4) is 22.9 Å². The highest BCUT2D eigenvalue weighted by Crippen LogP contribution is 2.32. The van der Waals surface area contributed by atoms with E-state index in [4.69, 9.17) is 25.6 Å². The zero-order chi connectivity index (χ0) is 18.0. The molecule has 0 aliphatic rings. The van der Waals surface area contributed by atoms with Gasteiger partial charge in [0, 0.05) is 5.56 Å². The molecule has 3 rings (SSSR count). The van der Waals surface area contributed by atoms with E-state index in [-0.39, 0.29) is 15.9 Å². The zero-order valence-corrected chi connectivity index (χ0v) is 15.6. The number of benzene rings is 1. The van der Waals surface area contributed by atoms with Gasteiger partial charge in [0.2, 0.25) is 11.7 Å². The van der Waals surface area contributed by atoms with Gasteiger partial charge in [-0.2, -0.15) is 4.98 Å². The average molecular weight is 401 g/mol. The minimum absolute atomic E-state index is 0.00527. The van der Waals surface area contributed by atoms with Crippen LogP contribution in [0.4, 0.5) is 0 Å². The molecule has 2 aromatic heterocycles. The van der Waals surface area contributed by atoms with Crippen molar-refractivity contribution in [2.24, 2.45) is 0 Å². The Morgan fingerprint density at radius 3 is 2.56 bits per heavy atom. The van der Waals surface area contributed by atoms with Crippen LogP contribution < -0.4 is 9.47 Å². The molecule has 0 spiro atoms. The fourth-order valence-corrected chi connectivity index (χ4v) is 4.83. The van der Waals surface area contributed by atoms with E-state index in [1.807, 2.05) is 0 Å². The smallest absolute Gasteiger partial charge is 0.242 e. The number of hydrogen-bond acceptors (Lipinski definition) is 8. The van der Waals surface area contributed by atoms with Crippen molar-refractivity contribution >= 4 is 32.8 Å². The fraction of sp³-hybridized carbons (Fsp3) is 0.200. The fourth-order valence-electron chi connectivity index (χ4n) is 2.10. The number of ether oxygens (including phenoxy) is 2. The third-order valence-corrected chi connectivity index (χ3v) is 6.69. The number of rotatable bonds is 6. The summed E-state index contributed by atoms with van der Waals surface area (Å²) in [7, 11) is -0.542. The Bertz CT molecular complexity index is 997. The van der Waals surface area contributed by atoms with E-state index in [1.54, 1.807) is 18.2 Å². The predicted molar refractivity (Wildman–Crippen MR) is 93.1 cm³/mol. The summed E-state index contributed by atoms with van der Waals surface area (Å²) in [6.45, 7) is 0. The zero-order valence-electron chi connectivity index (χ0n) is 13.2. The molecule has 0 N–H and O–H groups in total. The molecule has 0 radical (unpaired) electrons. The van der Waals surface area contributed by atoms with Crippen molar-refractivity contribution in [2.75, 3.05) is 14.2 Å². The van der Waals surface area contributed by atoms with E-state index in [1.165, 1.54) is 26.4 Å². The van der Waals surface area contributed by atoms with Crippen molar-refractivity contribution in [1.82, 2.24) is 10.1 Å². The molecular weight excluding hydrogens is 388 g/mol. The van der Waals surface area contributed by atoms with Crippen LogP contribution in [0, 0.1) is 0 Å². The first-order valence-electron chi connectivity index (χ1n) is 6.96. The van der Waals surface area contributed by atoms with Gasteiger partial charge in [-0.25, -0.2) is 8.42 Å². The minimum atomic E-state index is -3.59. The molecule has 0 aliphatic heterocycles. The molecule has 0 aliphatic carbocycles. The van der Waals surface area contributed by atoms with Gasteiger partial charge in [0.05, 0.1) is 18.6 Å². The van der Waals surface area contributed by atoms with E-state index in [0.717, 1.165) is 11.3 Å². The van der Waals surface area contributed by atoms with E-state index < -0.39 is 15.6 Å². The van der Waals surface area contributed by atoms with Crippen LogP contribution in [0.15, 0.2) is 39.1 Å². The second-order valence-electron chi connectivity index (χ2n) is 4.90. The van der Waals surface area contributed by atoms with Crippen molar-refractivity contribution < 1.29 is 22.4 Å². The summed E-state index contributed by atoms with van der Waals surface area (Å²) in [6, 6.07) is 8.09. The van der Waals surface area contributed by atoms with Crippen LogP contribution in [0.3, 0.4) is 0 Å². The third-order valence-electron chi connectivity index (χ3n) is 3.28. The molecule has 0 unspecified atom stereocenters. The first-order valence-corrected chi connectivity index (χ1v) is 9.80. The molecule has 25 heavy (non-hydrogen) atoms. The second kappa shape index (κ2) is 7.03. The second-order valence-corrected chi connectivity index (χ2v) is 8.83. The van der Waals surface area contributed by atoms with Crippen LogP contribution in [0.2, 0.25) is 4.34 Å².